The molecule has 1 atom stereocenters. The van der Waals surface area contributed by atoms with Crippen molar-refractivity contribution in [3.8, 4) is 0 Å². The Hall–Kier alpha value is -1.35. The molecule has 0 amide bonds. The van der Waals surface area contributed by atoms with Gasteiger partial charge in [0, 0.05) is 12.4 Å². The first-order valence-corrected chi connectivity index (χ1v) is 5.55. The Kier molecular flexibility index (Phi) is 2.18. The number of rotatable bonds is 2. The molecule has 0 spiro atoms. The van der Waals surface area contributed by atoms with Crippen LogP contribution in [0.4, 0.5) is 0 Å². The van der Waals surface area contributed by atoms with Crippen LogP contribution in [0.1, 0.15) is 12.1 Å². The minimum absolute atomic E-state index is 0.773. The fourth-order valence-corrected chi connectivity index (χ4v) is 2.27. The van der Waals surface area contributed by atoms with Crippen molar-refractivity contribution < 1.29 is 0 Å². The summed E-state index contributed by atoms with van der Waals surface area (Å²) in [6, 6.07) is 6.12. The van der Waals surface area contributed by atoms with Crippen molar-refractivity contribution in [3.63, 3.8) is 0 Å². The van der Waals surface area contributed by atoms with E-state index in [1.807, 2.05) is 12.1 Å². The molecule has 1 aliphatic heterocycles. The lowest BCUT2D eigenvalue weighted by Gasteiger charge is -2.03. The topological polar surface area (TPSA) is 29.3 Å². The van der Waals surface area contributed by atoms with Gasteiger partial charge in [-0.3, -0.25) is 0 Å². The van der Waals surface area contributed by atoms with Crippen LogP contribution in [0.25, 0.3) is 5.65 Å². The zero-order valence-electron chi connectivity index (χ0n) is 8.69. The summed E-state index contributed by atoms with van der Waals surface area (Å²) < 4.78 is 2.09. The van der Waals surface area contributed by atoms with Crippen LogP contribution in [-0.4, -0.2) is 22.5 Å². The van der Waals surface area contributed by atoms with Gasteiger partial charge in [0.1, 0.15) is 5.65 Å². The molecule has 3 nitrogen and oxygen atoms in total. The lowest BCUT2D eigenvalue weighted by atomic mass is 10.0. The van der Waals surface area contributed by atoms with E-state index in [9.17, 15) is 0 Å². The fourth-order valence-electron chi connectivity index (χ4n) is 2.27. The molecule has 1 fully saturated rings. The van der Waals surface area contributed by atoms with Gasteiger partial charge in [-0.05, 0) is 44.0 Å². The predicted molar refractivity (Wildman–Crippen MR) is 59.9 cm³/mol. The molecule has 3 rings (SSSR count). The van der Waals surface area contributed by atoms with Gasteiger partial charge >= 0.3 is 0 Å². The minimum Gasteiger partial charge on any atom is -0.316 e. The summed E-state index contributed by atoms with van der Waals surface area (Å²) in [7, 11) is 0. The van der Waals surface area contributed by atoms with Crippen LogP contribution in [0.3, 0.4) is 0 Å². The maximum absolute atomic E-state index is 4.61. The molecular formula is C12H15N3. The molecule has 0 radical (unpaired) electrons. The zero-order valence-corrected chi connectivity index (χ0v) is 8.69. The molecular weight excluding hydrogens is 186 g/mol. The van der Waals surface area contributed by atoms with Crippen molar-refractivity contribution in [2.75, 3.05) is 13.1 Å². The van der Waals surface area contributed by atoms with Crippen LogP contribution in [0.15, 0.2) is 30.6 Å². The van der Waals surface area contributed by atoms with Crippen LogP contribution in [0.2, 0.25) is 0 Å². The molecule has 0 aliphatic carbocycles. The van der Waals surface area contributed by atoms with Gasteiger partial charge in [-0.15, -0.1) is 0 Å². The molecule has 15 heavy (non-hydrogen) atoms. The number of aromatic nitrogens is 2. The first-order valence-electron chi connectivity index (χ1n) is 5.55. The first kappa shape index (κ1) is 8.92. The average molecular weight is 201 g/mol. The highest BCUT2D eigenvalue weighted by Crippen LogP contribution is 2.15. The SMILES string of the molecule is c1ccn2cc(CC3CCNC3)nc2c1. The van der Waals surface area contributed by atoms with E-state index < -0.39 is 0 Å². The largest absolute Gasteiger partial charge is 0.316 e. The predicted octanol–water partition coefficient (Wildman–Crippen LogP) is 1.49. The summed E-state index contributed by atoms with van der Waals surface area (Å²) in [6.45, 7) is 2.31. The van der Waals surface area contributed by atoms with Crippen molar-refractivity contribution in [2.45, 2.75) is 12.8 Å². The molecule has 0 saturated carbocycles. The Morgan fingerprint density at radius 1 is 1.47 bits per heavy atom. The van der Waals surface area contributed by atoms with E-state index in [2.05, 4.69) is 33.2 Å². The molecule has 0 aromatic carbocycles. The van der Waals surface area contributed by atoms with Gasteiger partial charge in [-0.2, -0.15) is 0 Å². The molecule has 1 N–H and O–H groups in total. The number of nitrogens with zero attached hydrogens (tertiary/aromatic N) is 2. The van der Waals surface area contributed by atoms with Crippen LogP contribution in [-0.2, 0) is 6.42 Å². The normalized spacial score (nSPS) is 21.2. The summed E-state index contributed by atoms with van der Waals surface area (Å²) in [5.41, 5.74) is 2.27. The van der Waals surface area contributed by atoms with Gasteiger partial charge in [0.05, 0.1) is 5.69 Å². The van der Waals surface area contributed by atoms with Crippen molar-refractivity contribution in [1.29, 1.82) is 0 Å². The van der Waals surface area contributed by atoms with E-state index in [0.29, 0.717) is 0 Å². The Bertz CT molecular complexity index is 422. The van der Waals surface area contributed by atoms with Gasteiger partial charge in [0.15, 0.2) is 0 Å². The molecule has 1 unspecified atom stereocenters. The van der Waals surface area contributed by atoms with Crippen LogP contribution in [0.5, 0.6) is 0 Å². The minimum atomic E-state index is 0.773. The molecule has 0 bridgehead atoms. The maximum Gasteiger partial charge on any atom is 0.136 e. The standard InChI is InChI=1S/C12H15N3/c1-2-6-15-9-11(14-12(15)3-1)7-10-4-5-13-8-10/h1-3,6,9-10,13H,4-5,7-8H2. The first-order chi connectivity index (χ1) is 7.42. The van der Waals surface area contributed by atoms with Crippen molar-refractivity contribution in [1.82, 2.24) is 14.7 Å². The Balaban J connectivity index is 1.84. The molecule has 3 heteroatoms. The highest BCUT2D eigenvalue weighted by Gasteiger charge is 2.16. The Labute approximate surface area is 89.1 Å². The lowest BCUT2D eigenvalue weighted by Crippen LogP contribution is -2.10. The Morgan fingerprint density at radius 2 is 2.47 bits per heavy atom. The molecule has 1 saturated heterocycles. The molecule has 2 aromatic heterocycles. The van der Waals surface area contributed by atoms with E-state index in [-0.39, 0.29) is 0 Å². The molecule has 3 heterocycles. The van der Waals surface area contributed by atoms with Gasteiger partial charge in [-0.25, -0.2) is 4.98 Å². The summed E-state index contributed by atoms with van der Waals surface area (Å²) in [4.78, 5) is 4.61. The number of imidazole rings is 1. The summed E-state index contributed by atoms with van der Waals surface area (Å²) in [6.07, 6.45) is 6.59. The highest BCUT2D eigenvalue weighted by atomic mass is 15.0. The quantitative estimate of drug-likeness (QED) is 0.797. The third kappa shape index (κ3) is 1.75. The Morgan fingerprint density at radius 3 is 3.27 bits per heavy atom. The smallest absolute Gasteiger partial charge is 0.136 e. The van der Waals surface area contributed by atoms with E-state index in [1.54, 1.807) is 0 Å². The summed E-state index contributed by atoms with van der Waals surface area (Å²) in [5.74, 6) is 0.773. The van der Waals surface area contributed by atoms with Crippen molar-refractivity contribution >= 4 is 5.65 Å². The van der Waals surface area contributed by atoms with Crippen molar-refractivity contribution in [2.24, 2.45) is 5.92 Å². The third-order valence-electron chi connectivity index (χ3n) is 3.07. The second-order valence-corrected chi connectivity index (χ2v) is 4.26. The van der Waals surface area contributed by atoms with Gasteiger partial charge in [0.25, 0.3) is 0 Å². The lowest BCUT2D eigenvalue weighted by molar-refractivity contribution is 0.573. The highest BCUT2D eigenvalue weighted by molar-refractivity contribution is 5.39. The molecule has 2 aromatic rings. The van der Waals surface area contributed by atoms with E-state index >= 15 is 0 Å². The second-order valence-electron chi connectivity index (χ2n) is 4.26. The third-order valence-corrected chi connectivity index (χ3v) is 3.07. The van der Waals surface area contributed by atoms with Crippen LogP contribution in [0, 0.1) is 5.92 Å². The van der Waals surface area contributed by atoms with E-state index in [0.717, 1.165) is 31.1 Å². The summed E-state index contributed by atoms with van der Waals surface area (Å²) >= 11 is 0. The second kappa shape index (κ2) is 3.66. The van der Waals surface area contributed by atoms with Gasteiger partial charge < -0.3 is 9.72 Å². The van der Waals surface area contributed by atoms with Gasteiger partial charge in [-0.1, -0.05) is 6.07 Å². The molecule has 1 aliphatic rings. The van der Waals surface area contributed by atoms with Crippen LogP contribution >= 0.6 is 0 Å². The maximum atomic E-state index is 4.61. The van der Waals surface area contributed by atoms with E-state index in [1.165, 1.54) is 12.1 Å². The number of hydrogen-bond acceptors (Lipinski definition) is 2. The average Bonchev–Trinajstić information content (AvgIpc) is 2.86. The van der Waals surface area contributed by atoms with Crippen molar-refractivity contribution in [3.05, 3.63) is 36.3 Å². The van der Waals surface area contributed by atoms with Crippen LogP contribution < -0.4 is 5.32 Å². The number of hydrogen-bond donors (Lipinski definition) is 1. The summed E-state index contributed by atoms with van der Waals surface area (Å²) in [5, 5.41) is 3.39. The number of pyridine rings is 1. The zero-order chi connectivity index (χ0) is 10.1. The fraction of sp³-hybridized carbons (Fsp3) is 0.417. The van der Waals surface area contributed by atoms with Gasteiger partial charge in [0.2, 0.25) is 0 Å². The number of fused-ring (bicyclic) bond motifs is 1. The van der Waals surface area contributed by atoms with E-state index in [4.69, 9.17) is 0 Å². The monoisotopic (exact) mass is 201 g/mol. The number of nitrogens with one attached hydrogen (secondary N) is 1. The molecule has 78 valence electrons.